The van der Waals surface area contributed by atoms with E-state index in [-0.39, 0.29) is 6.42 Å². The molecule has 10 heteroatoms. The highest BCUT2D eigenvalue weighted by molar-refractivity contribution is 5.88. The molecule has 0 bridgehead atoms. The Morgan fingerprint density at radius 2 is 1.88 bits per heavy atom. The number of hydrogen-bond donors (Lipinski definition) is 3. The van der Waals surface area contributed by atoms with Crippen molar-refractivity contribution in [2.45, 2.75) is 38.2 Å². The van der Waals surface area contributed by atoms with Crippen molar-refractivity contribution < 1.29 is 28.5 Å². The van der Waals surface area contributed by atoms with Crippen LogP contribution in [-0.2, 0) is 4.79 Å². The summed E-state index contributed by atoms with van der Waals surface area (Å²) >= 11 is 0. The maximum absolute atomic E-state index is 13.4. The zero-order chi connectivity index (χ0) is 28.9. The van der Waals surface area contributed by atoms with Gasteiger partial charge in [0.15, 0.2) is 0 Å². The van der Waals surface area contributed by atoms with Crippen molar-refractivity contribution in [1.82, 2.24) is 9.88 Å². The third-order valence-corrected chi connectivity index (χ3v) is 7.92. The van der Waals surface area contributed by atoms with Crippen LogP contribution in [0.25, 0.3) is 10.9 Å². The Hall–Kier alpha value is -3.50. The van der Waals surface area contributed by atoms with Gasteiger partial charge in [0.2, 0.25) is 0 Å². The van der Waals surface area contributed by atoms with Crippen LogP contribution < -0.4 is 15.0 Å². The van der Waals surface area contributed by atoms with Crippen molar-refractivity contribution in [2.24, 2.45) is 5.41 Å². The molecule has 0 amide bonds. The van der Waals surface area contributed by atoms with E-state index in [0.29, 0.717) is 63.3 Å². The van der Waals surface area contributed by atoms with Crippen LogP contribution in [0.15, 0.2) is 42.6 Å². The Bertz CT molecular complexity index is 1310. The molecule has 1 aliphatic rings. The van der Waals surface area contributed by atoms with Gasteiger partial charge < -0.3 is 30.1 Å². The molecule has 1 atom stereocenters. The maximum atomic E-state index is 13.4. The number of carboxylic acid groups (broad SMARTS) is 1. The lowest BCUT2D eigenvalue weighted by atomic mass is 9.71. The molecule has 1 saturated heterocycles. The van der Waals surface area contributed by atoms with Crippen LogP contribution in [0.5, 0.6) is 5.75 Å². The molecule has 2 heterocycles. The number of rotatable bonds is 12. The number of carboxylic acids is 1. The third kappa shape index (κ3) is 7.17. The van der Waals surface area contributed by atoms with Gasteiger partial charge in [-0.3, -0.25) is 9.78 Å². The molecule has 0 spiro atoms. The molecule has 216 valence electrons. The number of pyridine rings is 1. The number of ether oxygens (including phenoxy) is 1. The number of piperidine rings is 1. The molecular weight excluding hydrogens is 518 g/mol. The van der Waals surface area contributed by atoms with Gasteiger partial charge in [-0.1, -0.05) is 0 Å². The number of aromatic nitrogens is 1. The zero-order valence-electron chi connectivity index (χ0n) is 23.3. The zero-order valence-corrected chi connectivity index (χ0v) is 23.3. The number of aliphatic carboxylic acids is 1. The fourth-order valence-corrected chi connectivity index (χ4v) is 5.70. The number of benzene rings is 2. The highest BCUT2D eigenvalue weighted by atomic mass is 19.1. The smallest absolute Gasteiger partial charge is 0.303 e. The van der Waals surface area contributed by atoms with Crippen LogP contribution in [0.4, 0.5) is 20.2 Å². The second kappa shape index (κ2) is 12.8. The minimum absolute atomic E-state index is 0.0415. The highest BCUT2D eigenvalue weighted by Crippen LogP contribution is 2.43. The van der Waals surface area contributed by atoms with Gasteiger partial charge in [-0.15, -0.1) is 0 Å². The van der Waals surface area contributed by atoms with E-state index in [9.17, 15) is 23.8 Å². The van der Waals surface area contributed by atoms with Gasteiger partial charge >= 0.3 is 5.97 Å². The summed E-state index contributed by atoms with van der Waals surface area (Å²) in [6.07, 6.45) is 3.34. The predicted octanol–water partition coefficient (Wildman–Crippen LogP) is 5.07. The van der Waals surface area contributed by atoms with Gasteiger partial charge in [0.05, 0.1) is 37.0 Å². The number of aliphatic hydroxyl groups is 1. The molecule has 1 fully saturated rings. The van der Waals surface area contributed by atoms with Crippen molar-refractivity contribution >= 4 is 28.2 Å². The first-order valence-electron chi connectivity index (χ1n) is 13.6. The number of fused-ring (bicyclic) bond motifs is 1. The average molecular weight is 557 g/mol. The van der Waals surface area contributed by atoms with E-state index < -0.39 is 29.1 Å². The lowest BCUT2D eigenvalue weighted by Crippen LogP contribution is -2.43. The van der Waals surface area contributed by atoms with Crippen molar-refractivity contribution in [3.05, 3.63) is 59.8 Å². The number of aliphatic hydroxyl groups excluding tert-OH is 1. The Morgan fingerprint density at radius 1 is 1.18 bits per heavy atom. The van der Waals surface area contributed by atoms with Gasteiger partial charge in [-0.25, -0.2) is 8.78 Å². The first kappa shape index (κ1) is 29.5. The maximum Gasteiger partial charge on any atom is 0.303 e. The van der Waals surface area contributed by atoms with E-state index in [1.807, 2.05) is 37.2 Å². The minimum Gasteiger partial charge on any atom is -0.497 e. The van der Waals surface area contributed by atoms with E-state index in [0.717, 1.165) is 28.2 Å². The van der Waals surface area contributed by atoms with Crippen molar-refractivity contribution in [1.29, 1.82) is 0 Å². The Morgan fingerprint density at radius 3 is 2.50 bits per heavy atom. The molecule has 3 aromatic rings. The fraction of sp³-hybridized carbons (Fsp3) is 0.467. The number of nitrogens with one attached hydrogen (secondary N) is 1. The molecule has 4 rings (SSSR count). The lowest BCUT2D eigenvalue weighted by Gasteiger charge is -2.41. The number of methoxy groups -OCH3 is 1. The largest absolute Gasteiger partial charge is 0.497 e. The summed E-state index contributed by atoms with van der Waals surface area (Å²) in [6, 6.07) is 8.93. The summed E-state index contributed by atoms with van der Waals surface area (Å²) < 4.78 is 32.3. The molecule has 0 radical (unpaired) electrons. The number of halogens is 2. The summed E-state index contributed by atoms with van der Waals surface area (Å²) in [5.41, 5.74) is 2.28. The van der Waals surface area contributed by atoms with E-state index in [2.05, 4.69) is 15.2 Å². The van der Waals surface area contributed by atoms with E-state index in [1.54, 1.807) is 13.3 Å². The van der Waals surface area contributed by atoms with Gasteiger partial charge in [0.1, 0.15) is 17.4 Å². The summed E-state index contributed by atoms with van der Waals surface area (Å²) in [7, 11) is 5.40. The summed E-state index contributed by atoms with van der Waals surface area (Å²) in [4.78, 5) is 20.6. The molecule has 3 N–H and O–H groups in total. The summed E-state index contributed by atoms with van der Waals surface area (Å²) in [6.45, 7) is 2.60. The number of anilines is 2. The molecule has 0 saturated carbocycles. The van der Waals surface area contributed by atoms with Crippen molar-refractivity contribution in [3.63, 3.8) is 0 Å². The normalized spacial score (nSPS) is 16.1. The molecular formula is C30H38F2N4O4. The number of carbonyl (C=O) groups is 1. The van der Waals surface area contributed by atoms with Gasteiger partial charge in [-0.05, 0) is 74.5 Å². The van der Waals surface area contributed by atoms with Crippen LogP contribution in [0, 0.1) is 17.0 Å². The van der Waals surface area contributed by atoms with Crippen molar-refractivity contribution in [3.8, 4) is 5.75 Å². The van der Waals surface area contributed by atoms with Crippen LogP contribution in [0.2, 0.25) is 0 Å². The van der Waals surface area contributed by atoms with Crippen LogP contribution in [0.3, 0.4) is 0 Å². The molecule has 0 aliphatic carbocycles. The van der Waals surface area contributed by atoms with Gasteiger partial charge in [-0.2, -0.15) is 0 Å². The van der Waals surface area contributed by atoms with E-state index in [1.165, 1.54) is 12.1 Å². The first-order valence-corrected chi connectivity index (χ1v) is 13.6. The molecule has 1 aromatic heterocycles. The van der Waals surface area contributed by atoms with Crippen LogP contribution >= 0.6 is 0 Å². The molecule has 0 unspecified atom stereocenters. The van der Waals surface area contributed by atoms with Crippen LogP contribution in [0.1, 0.15) is 43.8 Å². The number of nitrogens with zero attached hydrogens (tertiary/aromatic N) is 3. The van der Waals surface area contributed by atoms with Gasteiger partial charge in [0, 0.05) is 49.9 Å². The summed E-state index contributed by atoms with van der Waals surface area (Å²) in [5.74, 6) is -1.42. The number of hydrogen-bond acceptors (Lipinski definition) is 7. The Kier molecular flexibility index (Phi) is 9.42. The second-order valence-electron chi connectivity index (χ2n) is 10.9. The Balaban J connectivity index is 1.43. The fourth-order valence-electron chi connectivity index (χ4n) is 5.70. The minimum atomic E-state index is -0.842. The van der Waals surface area contributed by atoms with E-state index in [4.69, 9.17) is 4.74 Å². The molecule has 40 heavy (non-hydrogen) atoms. The third-order valence-electron chi connectivity index (χ3n) is 7.92. The lowest BCUT2D eigenvalue weighted by molar-refractivity contribution is -0.141. The first-order chi connectivity index (χ1) is 19.1. The predicted molar refractivity (Wildman–Crippen MR) is 152 cm³/mol. The molecule has 2 aromatic carbocycles. The molecule has 1 aliphatic heterocycles. The topological polar surface area (TPSA) is 98.2 Å². The quantitative estimate of drug-likeness (QED) is 0.285. The highest BCUT2D eigenvalue weighted by Gasteiger charge is 2.37. The second-order valence-corrected chi connectivity index (χ2v) is 10.9. The monoisotopic (exact) mass is 556 g/mol. The van der Waals surface area contributed by atoms with Gasteiger partial charge in [0.25, 0.3) is 0 Å². The van der Waals surface area contributed by atoms with Crippen molar-refractivity contribution in [2.75, 3.05) is 57.6 Å². The average Bonchev–Trinajstić information content (AvgIpc) is 2.91. The van der Waals surface area contributed by atoms with E-state index >= 15 is 0 Å². The standard InChI is InChI=1S/C30H38F2N4O4/c1-35(2)26-19-34-25-5-4-23(40-3)17-24(25)29(26)27(37)6-7-30(18-28(38)39)8-11-36(12-9-30)13-10-33-22-15-20(31)14-21(32)16-22/h4-5,14-17,19,27,33,37H,6-13,18H2,1-3H3,(H,38,39)/t27-/m1/s1. The Labute approximate surface area is 233 Å². The molecule has 8 nitrogen and oxygen atoms in total. The summed E-state index contributed by atoms with van der Waals surface area (Å²) in [5, 5.41) is 25.1. The van der Waals surface area contributed by atoms with Crippen LogP contribution in [-0.4, -0.2) is 73.5 Å². The number of likely N-dealkylation sites (tertiary alicyclic amines) is 1. The SMILES string of the molecule is COc1ccc2ncc(N(C)C)c([C@H](O)CCC3(CC(=O)O)CCN(CCNc4cc(F)cc(F)c4)CC3)c2c1.